The van der Waals surface area contributed by atoms with E-state index in [0.717, 1.165) is 17.0 Å². The number of rotatable bonds is 5. The van der Waals surface area contributed by atoms with Crippen LogP contribution in [0.25, 0.3) is 0 Å². The van der Waals surface area contributed by atoms with Crippen LogP contribution in [0.15, 0.2) is 0 Å². The van der Waals surface area contributed by atoms with Crippen molar-refractivity contribution in [1.82, 2.24) is 9.62 Å². The van der Waals surface area contributed by atoms with Gasteiger partial charge in [0.05, 0.1) is 6.26 Å². The summed E-state index contributed by atoms with van der Waals surface area (Å²) in [6.45, 7) is 1.95. The highest BCUT2D eigenvalue weighted by Crippen LogP contribution is 2.20. The van der Waals surface area contributed by atoms with Gasteiger partial charge in [-0.1, -0.05) is 13.3 Å². The van der Waals surface area contributed by atoms with Crippen LogP contribution >= 0.6 is 0 Å². The minimum Gasteiger partial charge on any atom is -0.480 e. The molecule has 1 amide bonds. The molecule has 1 heterocycles. The van der Waals surface area contributed by atoms with E-state index in [-0.39, 0.29) is 6.42 Å². The molecule has 1 aliphatic heterocycles. The zero-order valence-electron chi connectivity index (χ0n) is 11.1. The number of carboxylic acid groups (broad SMARTS) is 1. The summed E-state index contributed by atoms with van der Waals surface area (Å²) in [5.74, 6) is -1.64. The number of nitrogens with one attached hydrogen (secondary N) is 1. The van der Waals surface area contributed by atoms with Crippen molar-refractivity contribution in [2.24, 2.45) is 0 Å². The molecule has 0 aliphatic carbocycles. The van der Waals surface area contributed by atoms with Gasteiger partial charge in [-0.25, -0.2) is 13.2 Å². The Kier molecular flexibility index (Phi) is 5.30. The maximum absolute atomic E-state index is 12.0. The van der Waals surface area contributed by atoms with Gasteiger partial charge in [-0.2, -0.15) is 4.31 Å². The molecule has 19 heavy (non-hydrogen) atoms. The van der Waals surface area contributed by atoms with Crippen LogP contribution in [0.3, 0.4) is 0 Å². The Balaban J connectivity index is 2.81. The number of hydrogen-bond donors (Lipinski definition) is 2. The van der Waals surface area contributed by atoms with E-state index in [0.29, 0.717) is 19.4 Å². The molecule has 0 bridgehead atoms. The number of carbonyl (C=O) groups excluding carboxylic acids is 1. The Labute approximate surface area is 113 Å². The number of amides is 1. The second kappa shape index (κ2) is 6.33. The zero-order chi connectivity index (χ0) is 14.6. The molecule has 0 saturated carbocycles. The SMILES string of the molecule is CC[C@@H](NC(=O)[C@@H]1CCCCN1S(C)(=O)=O)C(=O)O. The first-order valence-corrected chi connectivity index (χ1v) is 8.12. The lowest BCUT2D eigenvalue weighted by Gasteiger charge is -2.33. The fraction of sp³-hybridized carbons (Fsp3) is 0.818. The number of piperidine rings is 1. The van der Waals surface area contributed by atoms with Gasteiger partial charge in [-0.05, 0) is 19.3 Å². The summed E-state index contributed by atoms with van der Waals surface area (Å²) in [5.41, 5.74) is 0. The van der Waals surface area contributed by atoms with Gasteiger partial charge in [0.2, 0.25) is 15.9 Å². The van der Waals surface area contributed by atoms with Crippen LogP contribution in [0.2, 0.25) is 0 Å². The molecule has 110 valence electrons. The van der Waals surface area contributed by atoms with E-state index >= 15 is 0 Å². The molecule has 0 unspecified atom stereocenters. The Morgan fingerprint density at radius 3 is 2.53 bits per heavy atom. The fourth-order valence-electron chi connectivity index (χ4n) is 2.17. The molecule has 0 radical (unpaired) electrons. The highest BCUT2D eigenvalue weighted by Gasteiger charge is 2.35. The van der Waals surface area contributed by atoms with Gasteiger partial charge in [0, 0.05) is 6.54 Å². The van der Waals surface area contributed by atoms with Crippen molar-refractivity contribution in [1.29, 1.82) is 0 Å². The molecule has 2 atom stereocenters. The third kappa shape index (κ3) is 4.17. The van der Waals surface area contributed by atoms with Crippen LogP contribution in [0.5, 0.6) is 0 Å². The second-order valence-corrected chi connectivity index (χ2v) is 6.63. The van der Waals surface area contributed by atoms with E-state index in [1.165, 1.54) is 0 Å². The summed E-state index contributed by atoms with van der Waals surface area (Å²) >= 11 is 0. The van der Waals surface area contributed by atoms with Crippen molar-refractivity contribution in [3.8, 4) is 0 Å². The lowest BCUT2D eigenvalue weighted by atomic mass is 10.0. The first kappa shape index (κ1) is 15.9. The number of hydrogen-bond acceptors (Lipinski definition) is 4. The van der Waals surface area contributed by atoms with Gasteiger partial charge in [-0.15, -0.1) is 0 Å². The molecule has 1 fully saturated rings. The average molecular weight is 292 g/mol. The lowest BCUT2D eigenvalue weighted by molar-refractivity contribution is -0.142. The van der Waals surface area contributed by atoms with Crippen LogP contribution in [0.1, 0.15) is 32.6 Å². The minimum absolute atomic E-state index is 0.257. The summed E-state index contributed by atoms with van der Waals surface area (Å²) in [5, 5.41) is 11.3. The van der Waals surface area contributed by atoms with Gasteiger partial charge in [0.25, 0.3) is 0 Å². The summed E-state index contributed by atoms with van der Waals surface area (Å²) in [7, 11) is -3.46. The highest BCUT2D eigenvalue weighted by atomic mass is 32.2. The van der Waals surface area contributed by atoms with Gasteiger partial charge in [0.1, 0.15) is 12.1 Å². The quantitative estimate of drug-likeness (QED) is 0.729. The third-order valence-electron chi connectivity index (χ3n) is 3.21. The predicted molar refractivity (Wildman–Crippen MR) is 69.0 cm³/mol. The number of carboxylic acids is 1. The molecule has 1 rings (SSSR count). The Hall–Kier alpha value is -1.15. The predicted octanol–water partition coefficient (Wildman–Crippen LogP) is -0.220. The van der Waals surface area contributed by atoms with E-state index in [1.807, 2.05) is 0 Å². The van der Waals surface area contributed by atoms with Crippen LogP contribution in [-0.4, -0.2) is 54.6 Å². The molecule has 2 N–H and O–H groups in total. The number of carbonyl (C=O) groups is 2. The summed E-state index contributed by atoms with van der Waals surface area (Å²) < 4.78 is 24.4. The fourth-order valence-corrected chi connectivity index (χ4v) is 3.29. The third-order valence-corrected chi connectivity index (χ3v) is 4.49. The first-order chi connectivity index (χ1) is 8.77. The van der Waals surface area contributed by atoms with E-state index in [4.69, 9.17) is 5.11 Å². The van der Waals surface area contributed by atoms with Gasteiger partial charge >= 0.3 is 5.97 Å². The van der Waals surface area contributed by atoms with Crippen molar-refractivity contribution in [3.05, 3.63) is 0 Å². The molecular weight excluding hydrogens is 272 g/mol. The van der Waals surface area contributed by atoms with E-state index in [9.17, 15) is 18.0 Å². The van der Waals surface area contributed by atoms with E-state index < -0.39 is 34.0 Å². The van der Waals surface area contributed by atoms with E-state index in [1.54, 1.807) is 6.92 Å². The molecule has 0 aromatic rings. The Morgan fingerprint density at radius 2 is 2.05 bits per heavy atom. The Bertz CT molecular complexity index is 448. The molecule has 0 spiro atoms. The number of sulfonamides is 1. The topological polar surface area (TPSA) is 104 Å². The molecule has 1 saturated heterocycles. The van der Waals surface area contributed by atoms with Crippen molar-refractivity contribution in [3.63, 3.8) is 0 Å². The highest BCUT2D eigenvalue weighted by molar-refractivity contribution is 7.88. The standard InChI is InChI=1S/C11H20N2O5S/c1-3-8(11(15)16)12-10(14)9-6-4-5-7-13(9)19(2,17)18/h8-9H,3-7H2,1-2H3,(H,12,14)(H,15,16)/t8-,9+/m1/s1. The van der Waals surface area contributed by atoms with Crippen LogP contribution in [-0.2, 0) is 19.6 Å². The smallest absolute Gasteiger partial charge is 0.326 e. The van der Waals surface area contributed by atoms with Crippen molar-refractivity contribution in [2.45, 2.75) is 44.7 Å². The summed E-state index contributed by atoms with van der Waals surface area (Å²) in [6, 6.07) is -1.77. The second-order valence-electron chi connectivity index (χ2n) is 4.69. The minimum atomic E-state index is -3.46. The summed E-state index contributed by atoms with van der Waals surface area (Å²) in [4.78, 5) is 22.9. The molecule has 0 aromatic carbocycles. The van der Waals surface area contributed by atoms with Gasteiger partial charge < -0.3 is 10.4 Å². The largest absolute Gasteiger partial charge is 0.480 e. The van der Waals surface area contributed by atoms with Crippen LogP contribution in [0.4, 0.5) is 0 Å². The first-order valence-electron chi connectivity index (χ1n) is 6.27. The molecule has 8 heteroatoms. The normalized spacial score (nSPS) is 22.7. The molecule has 7 nitrogen and oxygen atoms in total. The average Bonchev–Trinajstić information content (AvgIpc) is 2.34. The Morgan fingerprint density at radius 1 is 1.42 bits per heavy atom. The van der Waals surface area contributed by atoms with Crippen molar-refractivity contribution >= 4 is 21.9 Å². The summed E-state index contributed by atoms with van der Waals surface area (Å²) in [6.07, 6.45) is 3.22. The lowest BCUT2D eigenvalue weighted by Crippen LogP contribution is -2.54. The van der Waals surface area contributed by atoms with Crippen molar-refractivity contribution in [2.75, 3.05) is 12.8 Å². The van der Waals surface area contributed by atoms with Crippen LogP contribution in [0, 0.1) is 0 Å². The molecule has 1 aliphatic rings. The molecule has 0 aromatic heterocycles. The van der Waals surface area contributed by atoms with E-state index in [2.05, 4.69) is 5.32 Å². The number of nitrogens with zero attached hydrogens (tertiary/aromatic N) is 1. The van der Waals surface area contributed by atoms with Gasteiger partial charge in [0.15, 0.2) is 0 Å². The van der Waals surface area contributed by atoms with Gasteiger partial charge in [-0.3, -0.25) is 4.79 Å². The van der Waals surface area contributed by atoms with Crippen molar-refractivity contribution < 1.29 is 23.1 Å². The maximum atomic E-state index is 12.0. The molecular formula is C11H20N2O5S. The number of aliphatic carboxylic acids is 1. The zero-order valence-corrected chi connectivity index (χ0v) is 11.9. The van der Waals surface area contributed by atoms with Crippen LogP contribution < -0.4 is 5.32 Å². The monoisotopic (exact) mass is 292 g/mol. The maximum Gasteiger partial charge on any atom is 0.326 e.